The number of carbonyl (C=O) groups excluding carboxylic acids is 1. The summed E-state index contributed by atoms with van der Waals surface area (Å²) in [5.41, 5.74) is 6.65. The number of nitrogens with zero attached hydrogens (tertiary/aromatic N) is 2. The van der Waals surface area contributed by atoms with Gasteiger partial charge >= 0.3 is 0 Å². The molecule has 0 bridgehead atoms. The van der Waals surface area contributed by atoms with Crippen LogP contribution in [0, 0.1) is 0 Å². The number of aromatic nitrogens is 2. The van der Waals surface area contributed by atoms with Crippen molar-refractivity contribution < 1.29 is 4.79 Å². The summed E-state index contributed by atoms with van der Waals surface area (Å²) < 4.78 is 0.717. The number of hydrogen-bond acceptors (Lipinski definition) is 6. The number of thioether (sulfide) groups is 1. The van der Waals surface area contributed by atoms with Gasteiger partial charge in [-0.15, -0.1) is 10.2 Å². The van der Waals surface area contributed by atoms with Gasteiger partial charge in [-0.2, -0.15) is 0 Å². The van der Waals surface area contributed by atoms with Crippen LogP contribution in [-0.4, -0.2) is 21.9 Å². The van der Waals surface area contributed by atoms with Gasteiger partial charge in [0.25, 0.3) is 0 Å². The number of nitrogens with one attached hydrogen (secondary N) is 1. The molecule has 0 unspecified atom stereocenters. The highest BCUT2D eigenvalue weighted by molar-refractivity contribution is 8.01. The van der Waals surface area contributed by atoms with Gasteiger partial charge in [0.15, 0.2) is 4.34 Å². The van der Waals surface area contributed by atoms with E-state index < -0.39 is 0 Å². The molecule has 0 radical (unpaired) electrons. The van der Waals surface area contributed by atoms with Crippen LogP contribution in [0.2, 0.25) is 0 Å². The standard InChI is InChI=1S/C14H18N4OS2/c1-2-6-11(10-7-4-3-5-8-10)16-12(19)9-20-14-18-17-13(15)21-14/h3-5,7-8,11H,2,6,9H2,1H3,(H2,15,17)(H,16,19)/t11-/m0/s1. The van der Waals surface area contributed by atoms with Crippen molar-refractivity contribution in [3.63, 3.8) is 0 Å². The van der Waals surface area contributed by atoms with Crippen LogP contribution >= 0.6 is 23.1 Å². The van der Waals surface area contributed by atoms with Crippen LogP contribution in [0.1, 0.15) is 31.4 Å². The summed E-state index contributed by atoms with van der Waals surface area (Å²) in [5.74, 6) is 0.317. The molecule has 0 aliphatic carbocycles. The van der Waals surface area contributed by atoms with Crippen LogP contribution in [0.4, 0.5) is 5.13 Å². The molecule has 5 nitrogen and oxygen atoms in total. The van der Waals surface area contributed by atoms with Crippen LogP contribution in [0.25, 0.3) is 0 Å². The van der Waals surface area contributed by atoms with E-state index in [0.717, 1.165) is 22.7 Å². The zero-order valence-corrected chi connectivity index (χ0v) is 13.4. The lowest BCUT2D eigenvalue weighted by Gasteiger charge is -2.18. The lowest BCUT2D eigenvalue weighted by atomic mass is 10.0. The van der Waals surface area contributed by atoms with Gasteiger partial charge in [0, 0.05) is 0 Å². The lowest BCUT2D eigenvalue weighted by Crippen LogP contribution is -2.29. The molecule has 0 saturated carbocycles. The molecule has 0 spiro atoms. The average molecular weight is 322 g/mol. The van der Waals surface area contributed by atoms with Gasteiger partial charge in [-0.1, -0.05) is 66.8 Å². The summed E-state index contributed by atoms with van der Waals surface area (Å²) >= 11 is 2.65. The van der Waals surface area contributed by atoms with E-state index in [9.17, 15) is 4.79 Å². The van der Waals surface area contributed by atoms with Crippen molar-refractivity contribution in [1.29, 1.82) is 0 Å². The fraction of sp³-hybridized carbons (Fsp3) is 0.357. The molecular weight excluding hydrogens is 304 g/mol. The second-order valence-electron chi connectivity index (χ2n) is 4.51. The Morgan fingerprint density at radius 2 is 2.14 bits per heavy atom. The van der Waals surface area contributed by atoms with E-state index in [1.54, 1.807) is 0 Å². The Balaban J connectivity index is 1.89. The van der Waals surface area contributed by atoms with E-state index in [1.807, 2.05) is 30.3 Å². The molecule has 1 aromatic carbocycles. The van der Waals surface area contributed by atoms with Gasteiger partial charge in [-0.25, -0.2) is 0 Å². The minimum atomic E-state index is -0.00363. The quantitative estimate of drug-likeness (QED) is 0.766. The number of nitrogens with two attached hydrogens (primary N) is 1. The minimum absolute atomic E-state index is 0.00363. The minimum Gasteiger partial charge on any atom is -0.374 e. The fourth-order valence-electron chi connectivity index (χ4n) is 1.94. The van der Waals surface area contributed by atoms with Crippen molar-refractivity contribution in [3.05, 3.63) is 35.9 Å². The van der Waals surface area contributed by atoms with Crippen molar-refractivity contribution in [1.82, 2.24) is 15.5 Å². The smallest absolute Gasteiger partial charge is 0.230 e. The Morgan fingerprint density at radius 3 is 2.76 bits per heavy atom. The lowest BCUT2D eigenvalue weighted by molar-refractivity contribution is -0.119. The number of anilines is 1. The third-order valence-electron chi connectivity index (χ3n) is 2.86. The first-order valence-electron chi connectivity index (χ1n) is 6.75. The predicted molar refractivity (Wildman–Crippen MR) is 87.3 cm³/mol. The van der Waals surface area contributed by atoms with Gasteiger partial charge in [-0.05, 0) is 12.0 Å². The molecule has 1 aromatic heterocycles. The first-order valence-corrected chi connectivity index (χ1v) is 8.55. The van der Waals surface area contributed by atoms with Crippen molar-refractivity contribution >= 4 is 34.1 Å². The maximum Gasteiger partial charge on any atom is 0.230 e. The molecule has 3 N–H and O–H groups in total. The zero-order chi connectivity index (χ0) is 15.1. The average Bonchev–Trinajstić information content (AvgIpc) is 2.91. The maximum absolute atomic E-state index is 12.1. The summed E-state index contributed by atoms with van der Waals surface area (Å²) in [6.07, 6.45) is 1.94. The summed E-state index contributed by atoms with van der Waals surface area (Å²) in [6, 6.07) is 10.1. The molecule has 1 atom stereocenters. The first-order chi connectivity index (χ1) is 10.2. The van der Waals surface area contributed by atoms with Gasteiger partial charge in [0.1, 0.15) is 0 Å². The molecule has 112 valence electrons. The Morgan fingerprint density at radius 1 is 1.38 bits per heavy atom. The Hall–Kier alpha value is -1.60. The van der Waals surface area contributed by atoms with E-state index in [2.05, 4.69) is 22.4 Å². The molecular formula is C14H18N4OS2. The van der Waals surface area contributed by atoms with Crippen LogP contribution in [-0.2, 0) is 4.79 Å². The van der Waals surface area contributed by atoms with E-state index in [1.165, 1.54) is 23.1 Å². The highest BCUT2D eigenvalue weighted by Crippen LogP contribution is 2.24. The van der Waals surface area contributed by atoms with Crippen LogP contribution in [0.5, 0.6) is 0 Å². The van der Waals surface area contributed by atoms with Crippen LogP contribution in [0.3, 0.4) is 0 Å². The van der Waals surface area contributed by atoms with E-state index in [-0.39, 0.29) is 11.9 Å². The maximum atomic E-state index is 12.1. The summed E-state index contributed by atoms with van der Waals surface area (Å²) in [6.45, 7) is 2.11. The molecule has 2 aromatic rings. The topological polar surface area (TPSA) is 80.9 Å². The number of hydrogen-bond donors (Lipinski definition) is 2. The number of nitrogen functional groups attached to an aromatic ring is 1. The Kier molecular flexibility index (Phi) is 6.01. The molecule has 0 fully saturated rings. The van der Waals surface area contributed by atoms with Crippen molar-refractivity contribution in [3.8, 4) is 0 Å². The van der Waals surface area contributed by atoms with E-state index in [4.69, 9.17) is 5.73 Å². The molecule has 7 heteroatoms. The summed E-state index contributed by atoms with van der Waals surface area (Å²) in [7, 11) is 0. The van der Waals surface area contributed by atoms with Gasteiger partial charge in [0.05, 0.1) is 11.8 Å². The van der Waals surface area contributed by atoms with Crippen molar-refractivity contribution in [2.24, 2.45) is 0 Å². The normalized spacial score (nSPS) is 12.0. The molecule has 0 aliphatic rings. The molecule has 0 saturated heterocycles. The largest absolute Gasteiger partial charge is 0.374 e. The van der Waals surface area contributed by atoms with Crippen LogP contribution in [0.15, 0.2) is 34.7 Å². The summed E-state index contributed by atoms with van der Waals surface area (Å²) in [5, 5.41) is 11.1. The van der Waals surface area contributed by atoms with E-state index in [0.29, 0.717) is 10.9 Å². The van der Waals surface area contributed by atoms with Crippen LogP contribution < -0.4 is 11.1 Å². The van der Waals surface area contributed by atoms with Gasteiger partial charge in [0.2, 0.25) is 11.0 Å². The number of amides is 1. The second kappa shape index (κ2) is 7.99. The van der Waals surface area contributed by atoms with E-state index >= 15 is 0 Å². The highest BCUT2D eigenvalue weighted by atomic mass is 32.2. The molecule has 0 aliphatic heterocycles. The zero-order valence-electron chi connectivity index (χ0n) is 11.8. The number of benzene rings is 1. The van der Waals surface area contributed by atoms with Gasteiger partial charge < -0.3 is 11.1 Å². The van der Waals surface area contributed by atoms with Crippen molar-refractivity contribution in [2.45, 2.75) is 30.1 Å². The highest BCUT2D eigenvalue weighted by Gasteiger charge is 2.14. The monoisotopic (exact) mass is 322 g/mol. The number of rotatable bonds is 7. The second-order valence-corrected chi connectivity index (χ2v) is 6.75. The SMILES string of the molecule is CCC[C@H](NC(=O)CSc1nnc(N)s1)c1ccccc1. The number of carbonyl (C=O) groups is 1. The molecule has 1 heterocycles. The Bertz CT molecular complexity index is 573. The first kappa shape index (κ1) is 15.8. The summed E-state index contributed by atoms with van der Waals surface area (Å²) in [4.78, 5) is 12.1. The third-order valence-corrected chi connectivity index (χ3v) is 4.75. The predicted octanol–water partition coefficient (Wildman–Crippen LogP) is 2.87. The molecule has 21 heavy (non-hydrogen) atoms. The van der Waals surface area contributed by atoms with Crippen molar-refractivity contribution in [2.75, 3.05) is 11.5 Å². The molecule has 2 rings (SSSR count). The fourth-order valence-corrected chi connectivity index (χ4v) is 3.39. The molecule has 1 amide bonds. The van der Waals surface area contributed by atoms with Gasteiger partial charge in [-0.3, -0.25) is 4.79 Å². The Labute approximate surface area is 132 Å². The third kappa shape index (κ3) is 5.02.